The fourth-order valence-electron chi connectivity index (χ4n) is 8.93. The lowest BCUT2D eigenvalue weighted by Gasteiger charge is -2.40. The highest BCUT2D eigenvalue weighted by molar-refractivity contribution is 6.23. The maximum atomic E-state index is 13.2. The lowest BCUT2D eigenvalue weighted by atomic mass is 9.91. The number of piperidine rings is 2. The Morgan fingerprint density at radius 1 is 0.820 bits per heavy atom. The van der Waals surface area contributed by atoms with Gasteiger partial charge in [0.2, 0.25) is 11.8 Å². The van der Waals surface area contributed by atoms with E-state index in [-0.39, 0.29) is 36.0 Å². The van der Waals surface area contributed by atoms with Gasteiger partial charge in [-0.1, -0.05) is 36.6 Å². The third-order valence-corrected chi connectivity index (χ3v) is 12.3. The molecule has 12 nitrogen and oxygen atoms in total. The minimum absolute atomic E-state index is 0.100. The van der Waals surface area contributed by atoms with Gasteiger partial charge >= 0.3 is 0 Å². The number of nitrogens with zero attached hydrogens (tertiary/aromatic N) is 5. The number of benzene rings is 3. The van der Waals surface area contributed by atoms with Gasteiger partial charge in [-0.05, 0) is 85.8 Å². The van der Waals surface area contributed by atoms with Gasteiger partial charge in [0.15, 0.2) is 0 Å². The topological polar surface area (TPSA) is 128 Å². The molecule has 6 aromatic rings. The largest absolute Gasteiger partial charge is 0.481 e. The molecule has 1 aliphatic carbocycles. The quantitative estimate of drug-likeness (QED) is 0.119. The Morgan fingerprint density at radius 3 is 2.48 bits per heavy atom. The van der Waals surface area contributed by atoms with Gasteiger partial charge in [-0.3, -0.25) is 24.3 Å². The Hall–Kier alpha value is -6.97. The molecule has 3 fully saturated rings. The Morgan fingerprint density at radius 2 is 1.66 bits per heavy atom. The first-order valence-electron chi connectivity index (χ1n) is 20.8. The van der Waals surface area contributed by atoms with Crippen LogP contribution in [0.1, 0.15) is 64.8 Å². The summed E-state index contributed by atoms with van der Waals surface area (Å²) in [5.41, 5.74) is 7.55. The normalized spacial score (nSPS) is 20.3. The summed E-state index contributed by atoms with van der Waals surface area (Å²) in [7, 11) is 2.09. The zero-order valence-corrected chi connectivity index (χ0v) is 33.8. The van der Waals surface area contributed by atoms with Gasteiger partial charge in [0.25, 0.3) is 11.8 Å². The third kappa shape index (κ3) is 7.46. The summed E-state index contributed by atoms with van der Waals surface area (Å²) in [5.74, 6) is 5.95. The Balaban J connectivity index is 0.666. The number of nitrogens with one attached hydrogen (secondary N) is 1. The van der Waals surface area contributed by atoms with Gasteiger partial charge in [-0.25, -0.2) is 4.98 Å². The number of rotatable bonds is 9. The molecule has 3 amide bonds. The molecule has 306 valence electrons. The molecule has 1 unspecified atom stereocenters. The van der Waals surface area contributed by atoms with E-state index in [4.69, 9.17) is 14.2 Å². The van der Waals surface area contributed by atoms with Crippen LogP contribution in [-0.4, -0.2) is 81.2 Å². The highest BCUT2D eigenvalue weighted by Gasteiger charge is 2.44. The van der Waals surface area contributed by atoms with Crippen molar-refractivity contribution >= 4 is 45.2 Å². The second-order valence-electron chi connectivity index (χ2n) is 16.2. The second kappa shape index (κ2) is 15.9. The smallest absolute Gasteiger partial charge is 0.262 e. The lowest BCUT2D eigenvalue weighted by Crippen LogP contribution is -2.51. The highest BCUT2D eigenvalue weighted by Crippen LogP contribution is 2.35. The van der Waals surface area contributed by atoms with Gasteiger partial charge in [0, 0.05) is 96.4 Å². The Labute approximate surface area is 353 Å². The fraction of sp³-hybridized carbons (Fsp3) is 0.286. The molecule has 3 aromatic heterocycles. The number of ether oxygens (including phenoxy) is 3. The first-order chi connectivity index (χ1) is 29.8. The fourth-order valence-corrected chi connectivity index (χ4v) is 8.93. The number of hydrogen-bond acceptors (Lipinski definition) is 9. The molecule has 6 heterocycles. The first-order valence-corrected chi connectivity index (χ1v) is 20.8. The molecule has 1 saturated carbocycles. The predicted octanol–water partition coefficient (Wildman–Crippen LogP) is 7.20. The number of imide groups is 1. The summed E-state index contributed by atoms with van der Waals surface area (Å²) in [6.45, 7) is 5.67. The minimum atomic E-state index is -0.858. The minimum Gasteiger partial charge on any atom is -0.481 e. The summed E-state index contributed by atoms with van der Waals surface area (Å²) >= 11 is 0. The van der Waals surface area contributed by atoms with Crippen molar-refractivity contribution in [3.05, 3.63) is 126 Å². The number of fused-ring (bicyclic) bond motifs is 4. The maximum Gasteiger partial charge on any atom is 0.262 e. The van der Waals surface area contributed by atoms with Crippen molar-refractivity contribution in [2.24, 2.45) is 7.05 Å². The van der Waals surface area contributed by atoms with Gasteiger partial charge in [0.05, 0.1) is 28.9 Å². The van der Waals surface area contributed by atoms with Gasteiger partial charge in [-0.2, -0.15) is 0 Å². The van der Waals surface area contributed by atoms with E-state index < -0.39 is 23.8 Å². The van der Waals surface area contributed by atoms with Crippen LogP contribution in [0.3, 0.4) is 0 Å². The summed E-state index contributed by atoms with van der Waals surface area (Å²) < 4.78 is 20.8. The van der Waals surface area contributed by atoms with E-state index in [0.717, 1.165) is 82.5 Å². The van der Waals surface area contributed by atoms with Crippen LogP contribution in [0.25, 0.3) is 32.9 Å². The van der Waals surface area contributed by atoms with Crippen LogP contribution in [0.5, 0.6) is 11.6 Å². The predicted molar refractivity (Wildman–Crippen MR) is 231 cm³/mol. The molecule has 61 heavy (non-hydrogen) atoms. The van der Waals surface area contributed by atoms with Crippen LogP contribution in [0.15, 0.2) is 110 Å². The van der Waals surface area contributed by atoms with Gasteiger partial charge in [-0.15, -0.1) is 0 Å². The Bertz CT molecular complexity index is 2790. The summed E-state index contributed by atoms with van der Waals surface area (Å²) in [6.07, 6.45) is 10.6. The van der Waals surface area contributed by atoms with Crippen LogP contribution >= 0.6 is 0 Å². The second-order valence-corrected chi connectivity index (χ2v) is 16.2. The van der Waals surface area contributed by atoms with Crippen molar-refractivity contribution in [3.63, 3.8) is 0 Å². The Kier molecular flexibility index (Phi) is 9.97. The highest BCUT2D eigenvalue weighted by atomic mass is 16.5. The molecule has 3 aromatic carbocycles. The molecule has 0 spiro atoms. The van der Waals surface area contributed by atoms with Crippen molar-refractivity contribution in [3.8, 4) is 34.6 Å². The summed E-state index contributed by atoms with van der Waals surface area (Å²) in [6, 6.07) is 24.7. The standard InChI is InChI=1S/C49H44N6O6/c1-30-8-14-44(47(56)52-30)55-48(57)40-13-11-36(27-41(40)49(55)58)59-22-4-6-31-5-3-7-34(23-31)54-20-17-35(18-21-54)60-37-25-38(26-37)61-46-15-10-33(28-51-46)32-9-12-39-42-29-50-19-16-43(42)53(2)45(39)24-32/h3,5,7,9-13,15-16,19,23-24,27-29,35,37-38,44H,1,8,14,17-18,20-22,25-26H2,2H3,(H,52,56). The molecule has 1 N–H and O–H groups in total. The molecule has 0 radical (unpaired) electrons. The first kappa shape index (κ1) is 38.2. The average Bonchev–Trinajstić information content (AvgIpc) is 3.69. The van der Waals surface area contributed by atoms with E-state index in [1.54, 1.807) is 18.2 Å². The van der Waals surface area contributed by atoms with E-state index in [9.17, 15) is 14.4 Å². The van der Waals surface area contributed by atoms with Crippen molar-refractivity contribution < 1.29 is 28.6 Å². The molecule has 3 aliphatic heterocycles. The zero-order valence-electron chi connectivity index (χ0n) is 33.8. The van der Waals surface area contributed by atoms with E-state index in [1.807, 2.05) is 42.9 Å². The number of aryl methyl sites for hydroxylation is 1. The summed E-state index contributed by atoms with van der Waals surface area (Å²) in [4.78, 5) is 51.1. The van der Waals surface area contributed by atoms with Crippen molar-refractivity contribution in [1.82, 2.24) is 24.8 Å². The molecule has 1 atom stereocenters. The number of amides is 3. The number of anilines is 1. The van der Waals surface area contributed by atoms with Gasteiger partial charge in [0.1, 0.15) is 24.5 Å². The van der Waals surface area contributed by atoms with Crippen LogP contribution in [-0.2, 0) is 16.6 Å². The molecular weight excluding hydrogens is 769 g/mol. The molecule has 0 bridgehead atoms. The average molecular weight is 813 g/mol. The SMILES string of the molecule is C=C1CCC(N2C(=O)c3ccc(OCC#Cc4cccc(N5CCC(OC6CC(Oc7ccc(-c8ccc9c%10cnccc%10n(C)c9c8)cn7)C6)CC5)c4)cc3C2=O)C(=O)N1. The van der Waals surface area contributed by atoms with E-state index >= 15 is 0 Å². The van der Waals surface area contributed by atoms with Gasteiger partial charge < -0.3 is 29.0 Å². The van der Waals surface area contributed by atoms with E-state index in [2.05, 4.69) is 86.6 Å². The van der Waals surface area contributed by atoms with Crippen molar-refractivity contribution in [2.45, 2.75) is 62.9 Å². The maximum absolute atomic E-state index is 13.2. The number of aromatic nitrogens is 3. The number of allylic oxidation sites excluding steroid dienone is 1. The lowest BCUT2D eigenvalue weighted by molar-refractivity contribution is -0.125. The number of hydrogen-bond donors (Lipinski definition) is 1. The monoisotopic (exact) mass is 812 g/mol. The zero-order chi connectivity index (χ0) is 41.6. The van der Waals surface area contributed by atoms with Crippen LogP contribution < -0.4 is 19.7 Å². The molecule has 4 aliphatic rings. The van der Waals surface area contributed by atoms with Crippen LogP contribution in [0.2, 0.25) is 0 Å². The van der Waals surface area contributed by atoms with Crippen molar-refractivity contribution in [2.75, 3.05) is 24.6 Å². The number of pyridine rings is 2. The number of carbonyl (C=O) groups is 3. The van der Waals surface area contributed by atoms with Crippen LogP contribution in [0, 0.1) is 11.8 Å². The van der Waals surface area contributed by atoms with E-state index in [0.29, 0.717) is 30.2 Å². The number of carbonyl (C=O) groups excluding carboxylic acids is 3. The van der Waals surface area contributed by atoms with Crippen molar-refractivity contribution in [1.29, 1.82) is 0 Å². The molecular formula is C49H44N6O6. The molecule has 12 heteroatoms. The molecule has 10 rings (SSSR count). The van der Waals surface area contributed by atoms with E-state index in [1.165, 1.54) is 5.39 Å². The molecule has 2 saturated heterocycles. The summed E-state index contributed by atoms with van der Waals surface area (Å²) in [5, 5.41) is 5.00. The van der Waals surface area contributed by atoms with Crippen LogP contribution in [0.4, 0.5) is 5.69 Å². The third-order valence-electron chi connectivity index (χ3n) is 12.3.